The van der Waals surface area contributed by atoms with Gasteiger partial charge in [-0.1, -0.05) is 0 Å². The van der Waals surface area contributed by atoms with Crippen LogP contribution in [0, 0.1) is 0 Å². The number of nitrogens with one attached hydrogen (secondary N) is 3. The molecule has 0 aliphatic heterocycles. The predicted molar refractivity (Wildman–Crippen MR) is 135 cm³/mol. The zero-order valence-corrected chi connectivity index (χ0v) is 21.4. The SMILES string of the molecule is NCCC(=O)N[C@H](Cc1cc(O)c(O)c(SCC(NC(=O)CC[C@H](N)C(=O)O)C(=O)NCC(=O)O)c1)C(=O)O. The van der Waals surface area contributed by atoms with Crippen molar-refractivity contribution in [3.05, 3.63) is 17.7 Å². The average Bonchev–Trinajstić information content (AvgIpc) is 2.85. The van der Waals surface area contributed by atoms with Crippen LogP contribution in [0.5, 0.6) is 11.5 Å². The molecule has 0 aliphatic carbocycles. The van der Waals surface area contributed by atoms with Crippen molar-refractivity contribution < 1.29 is 54.3 Å². The summed E-state index contributed by atoms with van der Waals surface area (Å²) >= 11 is 0.772. The molecule has 12 N–H and O–H groups in total. The molecule has 0 bridgehead atoms. The van der Waals surface area contributed by atoms with Gasteiger partial charge in [-0.15, -0.1) is 11.8 Å². The summed E-state index contributed by atoms with van der Waals surface area (Å²) in [6.45, 7) is -0.753. The number of nitrogens with two attached hydrogens (primary N) is 2. The van der Waals surface area contributed by atoms with E-state index in [0.717, 1.165) is 17.8 Å². The minimum absolute atomic E-state index is 0.00304. The van der Waals surface area contributed by atoms with Crippen molar-refractivity contribution in [2.45, 2.75) is 48.7 Å². The highest BCUT2D eigenvalue weighted by Gasteiger charge is 2.25. The Balaban J connectivity index is 3.07. The Labute approximate surface area is 226 Å². The summed E-state index contributed by atoms with van der Waals surface area (Å²) in [5, 5.41) is 54.2. The maximum absolute atomic E-state index is 12.5. The van der Waals surface area contributed by atoms with Crippen molar-refractivity contribution in [2.75, 3.05) is 18.8 Å². The number of benzene rings is 1. The number of rotatable bonds is 17. The quantitative estimate of drug-likeness (QED) is 0.0682. The number of hydrogen-bond donors (Lipinski definition) is 10. The van der Waals surface area contributed by atoms with Crippen molar-refractivity contribution in [3.8, 4) is 11.5 Å². The zero-order valence-electron chi connectivity index (χ0n) is 20.6. The number of hydrogen-bond acceptors (Lipinski definition) is 11. The van der Waals surface area contributed by atoms with E-state index in [4.69, 9.17) is 21.7 Å². The molecule has 0 aliphatic rings. The van der Waals surface area contributed by atoms with Gasteiger partial charge in [-0.2, -0.15) is 0 Å². The van der Waals surface area contributed by atoms with Crippen LogP contribution < -0.4 is 27.4 Å². The van der Waals surface area contributed by atoms with Gasteiger partial charge in [-0.05, 0) is 24.1 Å². The number of aromatic hydroxyl groups is 2. The number of thioether (sulfide) groups is 1. The summed E-state index contributed by atoms with van der Waals surface area (Å²) in [5.41, 5.74) is 10.9. The third kappa shape index (κ3) is 11.9. The summed E-state index contributed by atoms with van der Waals surface area (Å²) in [4.78, 5) is 69.8. The number of phenolic OH excluding ortho intramolecular Hbond substituents is 2. The highest BCUT2D eigenvalue weighted by molar-refractivity contribution is 7.99. The first-order valence-electron chi connectivity index (χ1n) is 11.4. The highest BCUT2D eigenvalue weighted by atomic mass is 32.2. The van der Waals surface area contributed by atoms with Gasteiger partial charge in [0, 0.05) is 31.6 Å². The minimum Gasteiger partial charge on any atom is -0.504 e. The zero-order chi connectivity index (χ0) is 29.7. The van der Waals surface area contributed by atoms with Crippen molar-refractivity contribution in [2.24, 2.45) is 11.5 Å². The van der Waals surface area contributed by atoms with Crippen molar-refractivity contribution in [1.29, 1.82) is 0 Å². The van der Waals surface area contributed by atoms with Crippen molar-refractivity contribution in [3.63, 3.8) is 0 Å². The number of carbonyl (C=O) groups excluding carboxylic acids is 3. The number of carboxylic acid groups (broad SMARTS) is 3. The lowest BCUT2D eigenvalue weighted by Crippen LogP contribution is -2.49. The molecule has 0 saturated heterocycles. The first kappa shape index (κ1) is 32.9. The molecule has 0 spiro atoms. The van der Waals surface area contributed by atoms with Crippen LogP contribution >= 0.6 is 11.8 Å². The van der Waals surface area contributed by atoms with E-state index in [1.807, 2.05) is 0 Å². The number of carboxylic acids is 3. The molecule has 0 fully saturated rings. The van der Waals surface area contributed by atoms with Gasteiger partial charge in [-0.3, -0.25) is 24.0 Å². The Morgan fingerprint density at radius 3 is 2.08 bits per heavy atom. The Kier molecular flexibility index (Phi) is 13.5. The summed E-state index contributed by atoms with van der Waals surface area (Å²) < 4.78 is 0. The van der Waals surface area contributed by atoms with Crippen LogP contribution in [0.15, 0.2) is 17.0 Å². The molecular formula is C22H31N5O11S. The van der Waals surface area contributed by atoms with Gasteiger partial charge in [-0.25, -0.2) is 4.79 Å². The fourth-order valence-corrected chi connectivity index (χ4v) is 4.09. The van der Waals surface area contributed by atoms with Crippen molar-refractivity contribution in [1.82, 2.24) is 16.0 Å². The van der Waals surface area contributed by atoms with Gasteiger partial charge < -0.3 is 53.0 Å². The molecule has 1 unspecified atom stereocenters. The number of phenols is 2. The molecule has 0 heterocycles. The van der Waals surface area contributed by atoms with E-state index in [9.17, 15) is 44.1 Å². The molecule has 17 heteroatoms. The van der Waals surface area contributed by atoms with Crippen molar-refractivity contribution >= 4 is 47.4 Å². The van der Waals surface area contributed by atoms with Gasteiger partial charge in [0.15, 0.2) is 11.5 Å². The smallest absolute Gasteiger partial charge is 0.326 e. The third-order valence-corrected chi connectivity index (χ3v) is 6.15. The molecule has 0 aromatic heterocycles. The summed E-state index contributed by atoms with van der Waals surface area (Å²) in [7, 11) is 0. The molecule has 1 aromatic rings. The van der Waals surface area contributed by atoms with E-state index in [1.54, 1.807) is 0 Å². The van der Waals surface area contributed by atoms with E-state index in [0.29, 0.717) is 0 Å². The molecule has 0 saturated carbocycles. The number of carbonyl (C=O) groups is 6. The Morgan fingerprint density at radius 2 is 1.51 bits per heavy atom. The maximum atomic E-state index is 12.5. The van der Waals surface area contributed by atoms with Crippen LogP contribution in [0.2, 0.25) is 0 Å². The van der Waals surface area contributed by atoms with Crippen LogP contribution in [0.4, 0.5) is 0 Å². The van der Waals surface area contributed by atoms with E-state index >= 15 is 0 Å². The Bertz CT molecular complexity index is 1080. The lowest BCUT2D eigenvalue weighted by Gasteiger charge is -2.19. The van der Waals surface area contributed by atoms with Crippen LogP contribution in [-0.4, -0.2) is 98.1 Å². The number of aliphatic carboxylic acids is 3. The van der Waals surface area contributed by atoms with E-state index in [1.165, 1.54) is 6.07 Å². The van der Waals surface area contributed by atoms with Gasteiger partial charge >= 0.3 is 17.9 Å². The summed E-state index contributed by atoms with van der Waals surface area (Å²) in [6.07, 6.45) is -0.975. The molecule has 0 radical (unpaired) electrons. The first-order chi connectivity index (χ1) is 18.2. The molecule has 216 valence electrons. The van der Waals surface area contributed by atoms with Crippen LogP contribution in [0.3, 0.4) is 0 Å². The van der Waals surface area contributed by atoms with Gasteiger partial charge in [0.25, 0.3) is 0 Å². The third-order valence-electron chi connectivity index (χ3n) is 5.03. The monoisotopic (exact) mass is 573 g/mol. The highest BCUT2D eigenvalue weighted by Crippen LogP contribution is 2.37. The number of amides is 3. The minimum atomic E-state index is -1.38. The molecule has 16 nitrogen and oxygen atoms in total. The largest absolute Gasteiger partial charge is 0.504 e. The normalized spacial score (nSPS) is 13.0. The lowest BCUT2D eigenvalue weighted by atomic mass is 10.0. The summed E-state index contributed by atoms with van der Waals surface area (Å²) in [5.74, 6) is -7.79. The lowest BCUT2D eigenvalue weighted by molar-refractivity contribution is -0.141. The molecule has 39 heavy (non-hydrogen) atoms. The molecule has 1 aromatic carbocycles. The van der Waals surface area contributed by atoms with Gasteiger partial charge in [0.1, 0.15) is 24.7 Å². The maximum Gasteiger partial charge on any atom is 0.326 e. The fourth-order valence-electron chi connectivity index (χ4n) is 3.03. The topological polar surface area (TPSA) is 292 Å². The molecular weight excluding hydrogens is 542 g/mol. The summed E-state index contributed by atoms with van der Waals surface area (Å²) in [6, 6.07) is -1.64. The molecule has 3 amide bonds. The second-order valence-electron chi connectivity index (χ2n) is 8.19. The second-order valence-corrected chi connectivity index (χ2v) is 9.25. The van der Waals surface area contributed by atoms with Crippen LogP contribution in [0.1, 0.15) is 24.8 Å². The van der Waals surface area contributed by atoms with E-state index < -0.39 is 71.8 Å². The second kappa shape index (κ2) is 16.0. The standard InChI is InChI=1S/C22H31N5O11S/c23-4-3-17(30)26-12(22(37)38)5-10-6-14(28)19(33)15(7-10)39-9-13(20(34)25-8-18(31)32)27-16(29)2-1-11(24)21(35)36/h6-7,11-13,28,33H,1-5,8-9,23-24H2,(H,25,34)(H,26,30)(H,27,29)(H,31,32)(H,35,36)(H,37,38)/t11-,12+,13?/m0/s1. The predicted octanol–water partition coefficient (Wildman–Crippen LogP) is -2.47. The van der Waals surface area contributed by atoms with Crippen LogP contribution in [0.25, 0.3) is 0 Å². The van der Waals surface area contributed by atoms with E-state index in [-0.39, 0.29) is 48.4 Å². The van der Waals surface area contributed by atoms with Crippen LogP contribution in [-0.2, 0) is 35.2 Å². The van der Waals surface area contributed by atoms with E-state index in [2.05, 4.69) is 16.0 Å². The molecule has 3 atom stereocenters. The molecule has 1 rings (SSSR count). The first-order valence-corrected chi connectivity index (χ1v) is 12.4. The Hall–Kier alpha value is -4.09. The van der Waals surface area contributed by atoms with Gasteiger partial charge in [0.2, 0.25) is 17.7 Å². The van der Waals surface area contributed by atoms with Gasteiger partial charge in [0.05, 0.1) is 4.90 Å². The average molecular weight is 574 g/mol. The Morgan fingerprint density at radius 1 is 0.897 bits per heavy atom. The fraction of sp³-hybridized carbons (Fsp3) is 0.455.